The summed E-state index contributed by atoms with van der Waals surface area (Å²) in [7, 11) is 0. The zero-order valence-corrected chi connectivity index (χ0v) is 10.9. The van der Waals surface area contributed by atoms with Gasteiger partial charge in [-0.1, -0.05) is 0 Å². The van der Waals surface area contributed by atoms with E-state index < -0.39 is 24.0 Å². The summed E-state index contributed by atoms with van der Waals surface area (Å²) in [5.41, 5.74) is 5.27. The molecule has 5 N–H and O–H groups in total. The maximum Gasteiger partial charge on any atom is 0.263 e. The molecule has 0 saturated carbocycles. The summed E-state index contributed by atoms with van der Waals surface area (Å²) in [6, 6.07) is 1.91. The van der Waals surface area contributed by atoms with Crippen molar-refractivity contribution in [3.05, 3.63) is 22.1 Å². The summed E-state index contributed by atoms with van der Waals surface area (Å²) in [4.78, 5) is 18.3. The Bertz CT molecular complexity index is 789. The van der Waals surface area contributed by atoms with E-state index in [1.54, 1.807) is 0 Å². The van der Waals surface area contributed by atoms with Crippen molar-refractivity contribution in [3.63, 3.8) is 0 Å². The highest BCUT2D eigenvalue weighted by Gasteiger charge is 2.36. The molecule has 1 fully saturated rings. The van der Waals surface area contributed by atoms with Crippen molar-refractivity contribution in [2.24, 2.45) is 0 Å². The number of ether oxygens (including phenoxy) is 1. The molecule has 0 aliphatic carbocycles. The summed E-state index contributed by atoms with van der Waals surface area (Å²) in [5.74, 6) is -0.0949. The minimum Gasteiger partial charge on any atom is -0.394 e. The second-order valence-corrected chi connectivity index (χ2v) is 4.85. The average Bonchev–Trinajstić information content (AvgIpc) is 2.99. The molecule has 3 rings (SSSR count). The number of anilines is 1. The number of H-pyrrole nitrogens is 1. The van der Waals surface area contributed by atoms with Crippen LogP contribution >= 0.6 is 0 Å². The Balaban J connectivity index is 2.20. The Morgan fingerprint density at radius 2 is 2.43 bits per heavy atom. The predicted octanol–water partition coefficient (Wildman–Crippen LogP) is -1.18. The third-order valence-corrected chi connectivity index (χ3v) is 3.46. The molecule has 3 heterocycles. The van der Waals surface area contributed by atoms with Gasteiger partial charge in [0.1, 0.15) is 17.6 Å². The van der Waals surface area contributed by atoms with Gasteiger partial charge in [0.25, 0.3) is 5.56 Å². The van der Waals surface area contributed by atoms with Crippen molar-refractivity contribution in [2.75, 3.05) is 12.3 Å². The van der Waals surface area contributed by atoms with E-state index in [0.717, 1.165) is 0 Å². The molecule has 0 amide bonds. The van der Waals surface area contributed by atoms with Crippen molar-refractivity contribution < 1.29 is 14.9 Å². The van der Waals surface area contributed by atoms with Crippen LogP contribution in [0.5, 0.6) is 0 Å². The number of aromatic nitrogens is 3. The molecular formula is C12H13N5O4. The highest BCUT2D eigenvalue weighted by molar-refractivity contribution is 5.83. The number of nitrogens with zero attached hydrogens (tertiary/aromatic N) is 3. The fourth-order valence-corrected chi connectivity index (χ4v) is 2.55. The summed E-state index contributed by atoms with van der Waals surface area (Å²) < 4.78 is 6.92. The molecule has 21 heavy (non-hydrogen) atoms. The van der Waals surface area contributed by atoms with Crippen LogP contribution in [0, 0.1) is 11.3 Å². The molecule has 3 atom stereocenters. The second kappa shape index (κ2) is 4.85. The lowest BCUT2D eigenvalue weighted by molar-refractivity contribution is -0.0484. The molecule has 1 aliphatic rings. The zero-order chi connectivity index (χ0) is 15.1. The molecule has 9 nitrogen and oxygen atoms in total. The number of hydrogen-bond acceptors (Lipinski definition) is 7. The van der Waals surface area contributed by atoms with Gasteiger partial charge in [-0.25, -0.2) is 0 Å². The van der Waals surface area contributed by atoms with E-state index in [4.69, 9.17) is 20.8 Å². The number of nitrogens with two attached hydrogens (primary N) is 1. The van der Waals surface area contributed by atoms with Gasteiger partial charge in [0.2, 0.25) is 5.95 Å². The number of aliphatic hydroxyl groups excluding tert-OH is 2. The highest BCUT2D eigenvalue weighted by Crippen LogP contribution is 2.32. The van der Waals surface area contributed by atoms with Gasteiger partial charge in [0.15, 0.2) is 11.9 Å². The van der Waals surface area contributed by atoms with Crippen LogP contribution in [0.4, 0.5) is 5.95 Å². The summed E-state index contributed by atoms with van der Waals surface area (Å²) >= 11 is 0. The average molecular weight is 291 g/mol. The zero-order valence-electron chi connectivity index (χ0n) is 10.9. The van der Waals surface area contributed by atoms with E-state index in [1.807, 2.05) is 6.07 Å². The van der Waals surface area contributed by atoms with E-state index in [1.165, 1.54) is 10.8 Å². The van der Waals surface area contributed by atoms with Crippen LogP contribution in [-0.2, 0) is 4.74 Å². The van der Waals surface area contributed by atoms with E-state index in [9.17, 15) is 9.90 Å². The molecule has 1 aliphatic heterocycles. The second-order valence-electron chi connectivity index (χ2n) is 4.85. The van der Waals surface area contributed by atoms with E-state index in [2.05, 4.69) is 9.97 Å². The van der Waals surface area contributed by atoms with Crippen molar-refractivity contribution in [1.29, 1.82) is 5.26 Å². The largest absolute Gasteiger partial charge is 0.394 e. The molecule has 0 bridgehead atoms. The van der Waals surface area contributed by atoms with Gasteiger partial charge < -0.3 is 25.3 Å². The van der Waals surface area contributed by atoms with E-state index in [-0.39, 0.29) is 35.6 Å². The van der Waals surface area contributed by atoms with Gasteiger partial charge in [0.05, 0.1) is 18.3 Å². The Morgan fingerprint density at radius 1 is 1.67 bits per heavy atom. The lowest BCUT2D eigenvalue weighted by Gasteiger charge is -2.17. The third-order valence-electron chi connectivity index (χ3n) is 3.46. The first-order chi connectivity index (χ1) is 10.0. The van der Waals surface area contributed by atoms with Crippen LogP contribution in [0.1, 0.15) is 18.2 Å². The molecule has 2 aromatic heterocycles. The normalized spacial score (nSPS) is 25.3. The number of fused-ring (bicyclic) bond motifs is 1. The standard InChI is InChI=1S/C12H13N5O4/c13-2-5-3-17(11-7(19)1-6(4-18)21-11)9-8(5)10(20)16-12(14)15-9/h3,6-7,11,18-19H,1,4H2,(H3,14,15,16,20)/t6-,7+,11+/m1/s1. The van der Waals surface area contributed by atoms with E-state index >= 15 is 0 Å². The monoisotopic (exact) mass is 291 g/mol. The molecule has 110 valence electrons. The minimum atomic E-state index is -0.883. The van der Waals surface area contributed by atoms with Crippen molar-refractivity contribution in [3.8, 4) is 6.07 Å². The van der Waals surface area contributed by atoms with E-state index in [0.29, 0.717) is 0 Å². The predicted molar refractivity (Wildman–Crippen MR) is 71.1 cm³/mol. The molecule has 0 aromatic carbocycles. The van der Waals surface area contributed by atoms with Crippen LogP contribution in [0.2, 0.25) is 0 Å². The number of rotatable bonds is 2. The van der Waals surface area contributed by atoms with Gasteiger partial charge >= 0.3 is 0 Å². The van der Waals surface area contributed by atoms with Gasteiger partial charge in [-0.05, 0) is 0 Å². The summed E-state index contributed by atoms with van der Waals surface area (Å²) in [6.07, 6.45) is -0.583. The number of nitriles is 1. The Hall–Kier alpha value is -2.41. The molecule has 9 heteroatoms. The molecular weight excluding hydrogens is 278 g/mol. The summed E-state index contributed by atoms with van der Waals surface area (Å²) in [5, 5.41) is 28.4. The van der Waals surface area contributed by atoms with Gasteiger partial charge in [0, 0.05) is 12.6 Å². The highest BCUT2D eigenvalue weighted by atomic mass is 16.5. The number of hydrogen-bond donors (Lipinski definition) is 4. The molecule has 0 radical (unpaired) electrons. The van der Waals surface area contributed by atoms with Gasteiger partial charge in [-0.2, -0.15) is 10.2 Å². The third kappa shape index (κ3) is 2.06. The fourth-order valence-electron chi connectivity index (χ4n) is 2.55. The first kappa shape index (κ1) is 13.6. The lowest BCUT2D eigenvalue weighted by Crippen LogP contribution is -2.20. The smallest absolute Gasteiger partial charge is 0.263 e. The Labute approximate surface area is 118 Å². The Morgan fingerprint density at radius 3 is 3.05 bits per heavy atom. The minimum absolute atomic E-state index is 0.0925. The fraction of sp³-hybridized carbons (Fsp3) is 0.417. The quantitative estimate of drug-likeness (QED) is 0.543. The van der Waals surface area contributed by atoms with Crippen molar-refractivity contribution in [1.82, 2.24) is 14.5 Å². The maximum atomic E-state index is 11.9. The van der Waals surface area contributed by atoms with Crippen molar-refractivity contribution in [2.45, 2.75) is 24.9 Å². The Kier molecular flexibility index (Phi) is 3.13. The molecule has 0 unspecified atom stereocenters. The summed E-state index contributed by atoms with van der Waals surface area (Å²) in [6.45, 7) is -0.228. The first-order valence-corrected chi connectivity index (χ1v) is 6.30. The number of aliphatic hydroxyl groups is 2. The van der Waals surface area contributed by atoms with Crippen LogP contribution in [0.15, 0.2) is 11.0 Å². The topological polar surface area (TPSA) is 150 Å². The molecule has 2 aromatic rings. The first-order valence-electron chi connectivity index (χ1n) is 6.30. The number of aromatic amines is 1. The van der Waals surface area contributed by atoms with Gasteiger partial charge in [-0.15, -0.1) is 0 Å². The van der Waals surface area contributed by atoms with Crippen molar-refractivity contribution >= 4 is 17.0 Å². The molecule has 1 saturated heterocycles. The lowest BCUT2D eigenvalue weighted by atomic mass is 10.2. The van der Waals surface area contributed by atoms with Crippen LogP contribution in [0.3, 0.4) is 0 Å². The molecule has 0 spiro atoms. The van der Waals surface area contributed by atoms with Crippen LogP contribution in [-0.4, -0.2) is 43.6 Å². The van der Waals surface area contributed by atoms with Gasteiger partial charge in [-0.3, -0.25) is 9.78 Å². The van der Waals surface area contributed by atoms with Crippen LogP contribution < -0.4 is 11.3 Å². The van der Waals surface area contributed by atoms with Crippen LogP contribution in [0.25, 0.3) is 11.0 Å². The maximum absolute atomic E-state index is 11.9. The number of nitrogens with one attached hydrogen (secondary N) is 1. The SMILES string of the molecule is N#Cc1cn([C@H]2O[C@@H](CO)C[C@@H]2O)c2nc(N)[nH]c(=O)c12. The number of nitrogen functional groups attached to an aromatic ring is 1.